The molecule has 0 heterocycles. The van der Waals surface area contributed by atoms with Crippen LogP contribution in [0.25, 0.3) is 0 Å². The Morgan fingerprint density at radius 2 is 1.88 bits per heavy atom. The number of carbonyl (C=O) groups excluding carboxylic acids is 1. The summed E-state index contributed by atoms with van der Waals surface area (Å²) in [5, 5.41) is 22.5. The molecule has 0 fully saturated rings. The van der Waals surface area contributed by atoms with Crippen LogP contribution in [0.15, 0.2) is 42.5 Å². The van der Waals surface area contributed by atoms with Gasteiger partial charge in [-0.1, -0.05) is 19.1 Å². The first-order chi connectivity index (χ1) is 11.9. The van der Waals surface area contributed by atoms with Gasteiger partial charge in [0.2, 0.25) is 0 Å². The second-order valence-electron chi connectivity index (χ2n) is 5.13. The highest BCUT2D eigenvalue weighted by Gasteiger charge is 2.19. The molecule has 0 saturated heterocycles. The highest BCUT2D eigenvalue weighted by molar-refractivity contribution is 5.92. The van der Waals surface area contributed by atoms with Gasteiger partial charge in [-0.25, -0.2) is 4.79 Å². The Kier molecular flexibility index (Phi) is 5.67. The van der Waals surface area contributed by atoms with Gasteiger partial charge in [0.25, 0.3) is 5.91 Å². The first kappa shape index (κ1) is 17.9. The summed E-state index contributed by atoms with van der Waals surface area (Å²) in [4.78, 5) is 33.1. The minimum atomic E-state index is -1.25. The van der Waals surface area contributed by atoms with E-state index in [0.29, 0.717) is 5.69 Å². The van der Waals surface area contributed by atoms with Gasteiger partial charge in [-0.2, -0.15) is 0 Å². The summed E-state index contributed by atoms with van der Waals surface area (Å²) in [5.41, 5.74) is 1.11. The smallest absolute Gasteiger partial charge is 0.335 e. The van der Waals surface area contributed by atoms with Crippen LogP contribution in [0.1, 0.15) is 22.8 Å². The summed E-state index contributed by atoms with van der Waals surface area (Å²) < 4.78 is 5.15. The number of aromatic carboxylic acids is 1. The zero-order valence-corrected chi connectivity index (χ0v) is 13.4. The fourth-order valence-corrected chi connectivity index (χ4v) is 2.08. The van der Waals surface area contributed by atoms with Crippen molar-refractivity contribution < 1.29 is 24.4 Å². The average molecular weight is 344 g/mol. The quantitative estimate of drug-likeness (QED) is 0.589. The van der Waals surface area contributed by atoms with Gasteiger partial charge in [0, 0.05) is 17.8 Å². The van der Waals surface area contributed by atoms with Crippen LogP contribution >= 0.6 is 0 Å². The van der Waals surface area contributed by atoms with Crippen LogP contribution in [-0.4, -0.2) is 28.5 Å². The maximum absolute atomic E-state index is 11.9. The molecule has 0 saturated carbocycles. The van der Waals surface area contributed by atoms with E-state index in [1.807, 2.05) is 19.1 Å². The number of aryl methyl sites for hydroxylation is 1. The van der Waals surface area contributed by atoms with Crippen molar-refractivity contribution in [1.29, 1.82) is 0 Å². The van der Waals surface area contributed by atoms with Gasteiger partial charge < -0.3 is 15.2 Å². The number of carbonyl (C=O) groups is 2. The van der Waals surface area contributed by atoms with Crippen molar-refractivity contribution in [2.75, 3.05) is 11.9 Å². The average Bonchev–Trinajstić information content (AvgIpc) is 2.60. The molecule has 130 valence electrons. The number of amides is 1. The Balaban J connectivity index is 2.06. The normalized spacial score (nSPS) is 10.1. The Labute approximate surface area is 143 Å². The molecular formula is C17H16N2O6. The van der Waals surface area contributed by atoms with Crippen molar-refractivity contribution in [2.24, 2.45) is 0 Å². The molecular weight excluding hydrogens is 328 g/mol. The molecule has 0 atom stereocenters. The number of anilines is 1. The first-order valence-corrected chi connectivity index (χ1v) is 7.44. The molecule has 0 unspecified atom stereocenters. The van der Waals surface area contributed by atoms with Crippen molar-refractivity contribution in [2.45, 2.75) is 13.3 Å². The molecule has 0 spiro atoms. The lowest BCUT2D eigenvalue weighted by molar-refractivity contribution is -0.385. The second-order valence-corrected chi connectivity index (χ2v) is 5.13. The summed E-state index contributed by atoms with van der Waals surface area (Å²) in [6.07, 6.45) is 0.876. The first-order valence-electron chi connectivity index (χ1n) is 7.44. The minimum absolute atomic E-state index is 0.170. The summed E-state index contributed by atoms with van der Waals surface area (Å²) in [5.74, 6) is -2.04. The van der Waals surface area contributed by atoms with E-state index >= 15 is 0 Å². The van der Waals surface area contributed by atoms with E-state index in [4.69, 9.17) is 9.84 Å². The summed E-state index contributed by atoms with van der Waals surface area (Å²) >= 11 is 0. The summed E-state index contributed by atoms with van der Waals surface area (Å²) in [7, 11) is 0. The van der Waals surface area contributed by atoms with Crippen molar-refractivity contribution in [3.8, 4) is 5.75 Å². The van der Waals surface area contributed by atoms with Crippen molar-refractivity contribution in [1.82, 2.24) is 0 Å². The second kappa shape index (κ2) is 7.91. The maximum Gasteiger partial charge on any atom is 0.335 e. The molecule has 0 aromatic heterocycles. The molecule has 2 aromatic rings. The Bertz CT molecular complexity index is 801. The molecule has 2 aromatic carbocycles. The molecule has 8 heteroatoms. The van der Waals surface area contributed by atoms with E-state index in [2.05, 4.69) is 5.32 Å². The van der Waals surface area contributed by atoms with E-state index < -0.39 is 29.1 Å². The molecule has 0 aliphatic carbocycles. The molecule has 0 radical (unpaired) electrons. The number of hydrogen-bond acceptors (Lipinski definition) is 5. The third-order valence-electron chi connectivity index (χ3n) is 3.41. The van der Waals surface area contributed by atoms with E-state index in [-0.39, 0.29) is 11.3 Å². The van der Waals surface area contributed by atoms with Gasteiger partial charge in [-0.15, -0.1) is 0 Å². The minimum Gasteiger partial charge on any atom is -0.478 e. The topological polar surface area (TPSA) is 119 Å². The van der Waals surface area contributed by atoms with E-state index in [1.165, 1.54) is 0 Å². The van der Waals surface area contributed by atoms with Crippen LogP contribution in [0, 0.1) is 10.1 Å². The molecule has 0 bridgehead atoms. The Morgan fingerprint density at radius 3 is 2.44 bits per heavy atom. The van der Waals surface area contributed by atoms with Crippen molar-refractivity contribution in [3.63, 3.8) is 0 Å². The standard InChI is InChI=1S/C17H16N2O6/c1-2-11-3-6-13(7-4-11)18-16(20)10-25-15-9-12(17(21)22)5-8-14(15)19(23)24/h3-9H,2,10H2,1H3,(H,18,20)(H,21,22). The van der Waals surface area contributed by atoms with Gasteiger partial charge in [0.05, 0.1) is 10.5 Å². The number of benzene rings is 2. The highest BCUT2D eigenvalue weighted by atomic mass is 16.6. The Morgan fingerprint density at radius 1 is 1.20 bits per heavy atom. The number of carboxylic acid groups (broad SMARTS) is 1. The molecule has 1 amide bonds. The predicted molar refractivity (Wildman–Crippen MR) is 90.0 cm³/mol. The van der Waals surface area contributed by atoms with Gasteiger partial charge in [-0.05, 0) is 30.2 Å². The molecule has 2 N–H and O–H groups in total. The third kappa shape index (κ3) is 4.77. The molecule has 25 heavy (non-hydrogen) atoms. The van der Waals surface area contributed by atoms with Crippen LogP contribution < -0.4 is 10.1 Å². The molecule has 8 nitrogen and oxygen atoms in total. The van der Waals surface area contributed by atoms with Gasteiger partial charge >= 0.3 is 11.7 Å². The van der Waals surface area contributed by atoms with Crippen molar-refractivity contribution in [3.05, 3.63) is 63.7 Å². The largest absolute Gasteiger partial charge is 0.478 e. The van der Waals surface area contributed by atoms with Gasteiger partial charge in [0.1, 0.15) is 0 Å². The highest BCUT2D eigenvalue weighted by Crippen LogP contribution is 2.28. The molecule has 2 rings (SSSR count). The SMILES string of the molecule is CCc1ccc(NC(=O)COc2cc(C(=O)O)ccc2[N+](=O)[O-])cc1. The number of carboxylic acids is 1. The molecule has 0 aliphatic heterocycles. The van der Waals surface area contributed by atoms with Crippen molar-refractivity contribution >= 4 is 23.3 Å². The fraction of sp³-hybridized carbons (Fsp3) is 0.176. The van der Waals surface area contributed by atoms with E-state index in [1.54, 1.807) is 12.1 Å². The fourth-order valence-electron chi connectivity index (χ4n) is 2.08. The summed E-state index contributed by atoms with van der Waals surface area (Å²) in [6.45, 7) is 1.53. The maximum atomic E-state index is 11.9. The molecule has 0 aliphatic rings. The summed E-state index contributed by atoms with van der Waals surface area (Å²) in [6, 6.07) is 10.4. The zero-order valence-electron chi connectivity index (χ0n) is 13.4. The number of rotatable bonds is 7. The van der Waals surface area contributed by atoms with Crippen LogP contribution in [0.5, 0.6) is 5.75 Å². The lowest BCUT2D eigenvalue weighted by Gasteiger charge is -2.09. The van der Waals surface area contributed by atoms with E-state index in [0.717, 1.165) is 30.2 Å². The van der Waals surface area contributed by atoms with Crippen LogP contribution in [0.2, 0.25) is 0 Å². The lowest BCUT2D eigenvalue weighted by Crippen LogP contribution is -2.20. The van der Waals surface area contributed by atoms with Crippen LogP contribution in [0.4, 0.5) is 11.4 Å². The van der Waals surface area contributed by atoms with Crippen LogP contribution in [0.3, 0.4) is 0 Å². The third-order valence-corrected chi connectivity index (χ3v) is 3.41. The zero-order chi connectivity index (χ0) is 18.4. The number of nitrogens with zero attached hydrogens (tertiary/aromatic N) is 1. The number of nitrogens with one attached hydrogen (secondary N) is 1. The number of ether oxygens (including phenoxy) is 1. The number of nitro benzene ring substituents is 1. The lowest BCUT2D eigenvalue weighted by atomic mass is 10.1. The number of hydrogen-bond donors (Lipinski definition) is 2. The monoisotopic (exact) mass is 344 g/mol. The predicted octanol–water partition coefficient (Wildman–Crippen LogP) is 2.87. The van der Waals surface area contributed by atoms with Crippen LogP contribution in [-0.2, 0) is 11.2 Å². The van der Waals surface area contributed by atoms with E-state index in [9.17, 15) is 19.7 Å². The Hall–Kier alpha value is -3.42. The van der Waals surface area contributed by atoms with Gasteiger partial charge in [-0.3, -0.25) is 14.9 Å². The van der Waals surface area contributed by atoms with Gasteiger partial charge in [0.15, 0.2) is 12.4 Å². The number of nitro groups is 1.